The summed E-state index contributed by atoms with van der Waals surface area (Å²) in [6, 6.07) is 4.30. The van der Waals surface area contributed by atoms with Crippen LogP contribution in [0.4, 0.5) is 17.6 Å². The lowest BCUT2D eigenvalue weighted by Crippen LogP contribution is -2.41. The van der Waals surface area contributed by atoms with Gasteiger partial charge in [0, 0.05) is 18.7 Å². The van der Waals surface area contributed by atoms with E-state index in [0.29, 0.717) is 25.1 Å². The molecule has 0 amide bonds. The third-order valence-corrected chi connectivity index (χ3v) is 3.89. The van der Waals surface area contributed by atoms with Crippen LogP contribution in [0.1, 0.15) is 24.0 Å². The summed E-state index contributed by atoms with van der Waals surface area (Å²) in [5, 5.41) is 0. The number of alkyl halides is 3. The van der Waals surface area contributed by atoms with E-state index in [1.54, 1.807) is 11.0 Å². The molecule has 1 fully saturated rings. The number of nitrogens with two attached hydrogens (primary N) is 1. The van der Waals surface area contributed by atoms with Crippen LogP contribution in [0.25, 0.3) is 0 Å². The van der Waals surface area contributed by atoms with Crippen LogP contribution in [-0.4, -0.2) is 29.2 Å². The van der Waals surface area contributed by atoms with E-state index in [1.165, 1.54) is 12.1 Å². The highest BCUT2D eigenvalue weighted by Gasteiger charge is 2.41. The van der Waals surface area contributed by atoms with Gasteiger partial charge in [0.2, 0.25) is 0 Å². The van der Waals surface area contributed by atoms with Crippen molar-refractivity contribution in [3.63, 3.8) is 0 Å². The van der Waals surface area contributed by atoms with Gasteiger partial charge in [0.15, 0.2) is 0 Å². The fourth-order valence-corrected chi connectivity index (χ4v) is 2.74. The van der Waals surface area contributed by atoms with Gasteiger partial charge in [-0.05, 0) is 37.1 Å². The zero-order chi connectivity index (χ0) is 15.6. The highest BCUT2D eigenvalue weighted by Crippen LogP contribution is 2.33. The third kappa shape index (κ3) is 4.14. The molecule has 1 aromatic carbocycles. The molecule has 1 saturated heterocycles. The minimum absolute atomic E-state index is 0.0245. The molecule has 2 N–H and O–H groups in total. The van der Waals surface area contributed by atoms with Crippen LogP contribution in [0.15, 0.2) is 18.2 Å². The molecule has 0 spiro atoms. The van der Waals surface area contributed by atoms with E-state index in [-0.39, 0.29) is 23.5 Å². The Morgan fingerprint density at radius 2 is 2.10 bits per heavy atom. The average Bonchev–Trinajstić information content (AvgIpc) is 2.40. The van der Waals surface area contributed by atoms with Gasteiger partial charge in [0.05, 0.1) is 5.92 Å². The van der Waals surface area contributed by atoms with Crippen LogP contribution in [0, 0.1) is 11.7 Å². The van der Waals surface area contributed by atoms with Gasteiger partial charge in [-0.3, -0.25) is 4.90 Å². The maximum atomic E-state index is 13.5. The van der Waals surface area contributed by atoms with Gasteiger partial charge in [0.1, 0.15) is 10.8 Å². The number of hydrogen-bond donors (Lipinski definition) is 1. The van der Waals surface area contributed by atoms with E-state index in [9.17, 15) is 17.6 Å². The highest BCUT2D eigenvalue weighted by molar-refractivity contribution is 7.80. The zero-order valence-corrected chi connectivity index (χ0v) is 12.1. The van der Waals surface area contributed by atoms with Crippen molar-refractivity contribution in [1.82, 2.24) is 4.90 Å². The van der Waals surface area contributed by atoms with Crippen LogP contribution in [0.2, 0.25) is 0 Å². The molecule has 2 rings (SSSR count). The second kappa shape index (κ2) is 6.27. The monoisotopic (exact) mass is 320 g/mol. The minimum Gasteiger partial charge on any atom is -0.389 e. The second-order valence-corrected chi connectivity index (χ2v) is 5.73. The predicted octanol–water partition coefficient (Wildman–Crippen LogP) is 3.23. The molecule has 0 saturated carbocycles. The summed E-state index contributed by atoms with van der Waals surface area (Å²) in [5.41, 5.74) is 6.27. The Kier molecular flexibility index (Phi) is 4.83. The normalized spacial score (nSPS) is 20.5. The number of thiocarbonyl (C=S) groups is 1. The quantitative estimate of drug-likeness (QED) is 0.685. The van der Waals surface area contributed by atoms with E-state index < -0.39 is 17.9 Å². The number of hydrogen-bond acceptors (Lipinski definition) is 2. The molecule has 1 aliphatic heterocycles. The van der Waals surface area contributed by atoms with Crippen LogP contribution in [0.3, 0.4) is 0 Å². The second-order valence-electron chi connectivity index (χ2n) is 5.29. The summed E-state index contributed by atoms with van der Waals surface area (Å²) in [5.74, 6) is -1.81. The minimum atomic E-state index is -4.16. The van der Waals surface area contributed by atoms with Crippen molar-refractivity contribution in [3.8, 4) is 0 Å². The summed E-state index contributed by atoms with van der Waals surface area (Å²) in [6.07, 6.45) is -3.49. The van der Waals surface area contributed by atoms with Crippen molar-refractivity contribution in [3.05, 3.63) is 35.1 Å². The topological polar surface area (TPSA) is 29.3 Å². The predicted molar refractivity (Wildman–Crippen MR) is 76.3 cm³/mol. The molecule has 7 heteroatoms. The van der Waals surface area contributed by atoms with Gasteiger partial charge in [-0.2, -0.15) is 13.2 Å². The number of piperidine rings is 1. The molecular formula is C14H16F4N2S. The van der Waals surface area contributed by atoms with Crippen molar-refractivity contribution < 1.29 is 17.6 Å². The maximum Gasteiger partial charge on any atom is 0.393 e. The van der Waals surface area contributed by atoms with E-state index in [2.05, 4.69) is 0 Å². The van der Waals surface area contributed by atoms with E-state index in [0.717, 1.165) is 0 Å². The lowest BCUT2D eigenvalue weighted by molar-refractivity contribution is -0.187. The molecule has 0 bridgehead atoms. The highest BCUT2D eigenvalue weighted by atomic mass is 32.1. The van der Waals surface area contributed by atoms with Crippen molar-refractivity contribution in [2.24, 2.45) is 11.7 Å². The summed E-state index contributed by atoms with van der Waals surface area (Å²) in [7, 11) is 0. The van der Waals surface area contributed by atoms with Crippen LogP contribution in [-0.2, 0) is 6.54 Å². The van der Waals surface area contributed by atoms with Crippen molar-refractivity contribution >= 4 is 17.2 Å². The fourth-order valence-electron chi connectivity index (χ4n) is 2.58. The third-order valence-electron chi connectivity index (χ3n) is 3.67. The number of rotatable bonds is 3. The standard InChI is InChI=1S/C14H16F4N2S/c15-12-4-3-9(6-11(12)13(19)21)7-20-5-1-2-10(8-20)14(16,17)18/h3-4,6,10H,1-2,5,7-8H2,(H2,19,21). The zero-order valence-electron chi connectivity index (χ0n) is 11.3. The smallest absolute Gasteiger partial charge is 0.389 e. The van der Waals surface area contributed by atoms with E-state index in [4.69, 9.17) is 18.0 Å². The Morgan fingerprint density at radius 1 is 1.38 bits per heavy atom. The molecule has 2 nitrogen and oxygen atoms in total. The molecule has 1 aliphatic rings. The summed E-state index contributed by atoms with van der Waals surface area (Å²) in [6.45, 7) is 0.915. The first kappa shape index (κ1) is 16.2. The molecule has 116 valence electrons. The Balaban J connectivity index is 2.08. The van der Waals surface area contributed by atoms with Gasteiger partial charge in [0.25, 0.3) is 0 Å². The Labute approximate surface area is 125 Å². The van der Waals surface area contributed by atoms with Crippen LogP contribution < -0.4 is 5.73 Å². The van der Waals surface area contributed by atoms with E-state index in [1.807, 2.05) is 0 Å². The lowest BCUT2D eigenvalue weighted by atomic mass is 9.97. The number of benzene rings is 1. The van der Waals surface area contributed by atoms with Gasteiger partial charge >= 0.3 is 6.18 Å². The van der Waals surface area contributed by atoms with Crippen LogP contribution in [0.5, 0.6) is 0 Å². The summed E-state index contributed by atoms with van der Waals surface area (Å²) < 4.78 is 51.8. The fraction of sp³-hybridized carbons (Fsp3) is 0.500. The molecule has 0 radical (unpaired) electrons. The van der Waals surface area contributed by atoms with Gasteiger partial charge in [-0.15, -0.1) is 0 Å². The van der Waals surface area contributed by atoms with Crippen LogP contribution >= 0.6 is 12.2 Å². The molecule has 1 unspecified atom stereocenters. The first-order chi connectivity index (χ1) is 9.77. The molecule has 0 aliphatic carbocycles. The summed E-state index contributed by atoms with van der Waals surface area (Å²) in [4.78, 5) is 1.68. The van der Waals surface area contributed by atoms with Gasteiger partial charge in [-0.1, -0.05) is 18.3 Å². The number of nitrogens with zero attached hydrogens (tertiary/aromatic N) is 1. The molecule has 21 heavy (non-hydrogen) atoms. The Bertz CT molecular complexity index is 530. The van der Waals surface area contributed by atoms with Gasteiger partial charge < -0.3 is 5.73 Å². The van der Waals surface area contributed by atoms with Crippen molar-refractivity contribution in [2.45, 2.75) is 25.6 Å². The van der Waals surface area contributed by atoms with Crippen molar-refractivity contribution in [1.29, 1.82) is 0 Å². The SMILES string of the molecule is NC(=S)c1cc(CN2CCCC(C(F)(F)F)C2)ccc1F. The van der Waals surface area contributed by atoms with Gasteiger partial charge in [-0.25, -0.2) is 4.39 Å². The molecule has 1 atom stereocenters. The van der Waals surface area contributed by atoms with Crippen molar-refractivity contribution in [2.75, 3.05) is 13.1 Å². The largest absolute Gasteiger partial charge is 0.393 e. The first-order valence-corrected chi connectivity index (χ1v) is 7.05. The number of halogens is 4. The molecule has 1 aromatic rings. The molecular weight excluding hydrogens is 304 g/mol. The maximum absolute atomic E-state index is 13.5. The first-order valence-electron chi connectivity index (χ1n) is 6.64. The number of likely N-dealkylation sites (tertiary alicyclic amines) is 1. The average molecular weight is 320 g/mol. The molecule has 0 aromatic heterocycles. The van der Waals surface area contributed by atoms with E-state index >= 15 is 0 Å². The summed E-state index contributed by atoms with van der Waals surface area (Å²) >= 11 is 4.76. The molecule has 1 heterocycles. The Hall–Kier alpha value is -1.21. The lowest BCUT2D eigenvalue weighted by Gasteiger charge is -2.33. The Morgan fingerprint density at radius 3 is 2.71 bits per heavy atom.